The van der Waals surface area contributed by atoms with Crippen molar-refractivity contribution in [3.05, 3.63) is 29.8 Å². The second-order valence-electron chi connectivity index (χ2n) is 4.77. The van der Waals surface area contributed by atoms with E-state index < -0.39 is 0 Å². The second-order valence-corrected chi connectivity index (χ2v) is 5.75. The van der Waals surface area contributed by atoms with E-state index in [0.29, 0.717) is 0 Å². The molecule has 0 bridgehead atoms. The molecule has 2 rings (SSSR count). The van der Waals surface area contributed by atoms with Crippen molar-refractivity contribution >= 4 is 17.6 Å². The van der Waals surface area contributed by atoms with E-state index in [-0.39, 0.29) is 0 Å². The topological polar surface area (TPSA) is 63.6 Å². The fourth-order valence-corrected chi connectivity index (χ4v) is 2.58. The molecule has 2 aromatic heterocycles. The van der Waals surface area contributed by atoms with Crippen molar-refractivity contribution in [2.75, 3.05) is 11.9 Å². The largest absolute Gasteiger partial charge is 0.370 e. The Morgan fingerprint density at radius 2 is 2.00 bits per heavy atom. The van der Waals surface area contributed by atoms with Crippen molar-refractivity contribution in [3.63, 3.8) is 0 Å². The summed E-state index contributed by atoms with van der Waals surface area (Å²) in [5.41, 5.74) is 0.958. The molecule has 0 radical (unpaired) electrons. The van der Waals surface area contributed by atoms with Crippen molar-refractivity contribution in [2.24, 2.45) is 0 Å². The van der Waals surface area contributed by atoms with Gasteiger partial charge >= 0.3 is 0 Å². The van der Waals surface area contributed by atoms with Crippen LogP contribution in [0, 0.1) is 6.92 Å². The fourth-order valence-electron chi connectivity index (χ4n) is 1.77. The van der Waals surface area contributed by atoms with Crippen molar-refractivity contribution in [1.29, 1.82) is 0 Å². The third-order valence-corrected chi connectivity index (χ3v) is 3.54. The molecular formula is C15H21N5S. The van der Waals surface area contributed by atoms with Crippen molar-refractivity contribution in [2.45, 2.75) is 50.2 Å². The highest BCUT2D eigenvalue weighted by molar-refractivity contribution is 7.99. The van der Waals surface area contributed by atoms with Gasteiger partial charge in [-0.05, 0) is 37.6 Å². The maximum absolute atomic E-state index is 4.59. The molecule has 21 heavy (non-hydrogen) atoms. The number of nitrogens with one attached hydrogen (secondary N) is 1. The van der Waals surface area contributed by atoms with Crippen LogP contribution >= 0.6 is 11.8 Å². The standard InChI is InChI=1S/C15H21N5S/c1-4-6-12-19-13(16-8-5-2)10-14(20-12)21-15-17-9-7-11(3)18-15/h7,9-10H,4-6,8H2,1-3H3,(H,16,19,20). The van der Waals surface area contributed by atoms with E-state index in [0.717, 1.165) is 53.3 Å². The number of anilines is 1. The maximum Gasteiger partial charge on any atom is 0.194 e. The summed E-state index contributed by atoms with van der Waals surface area (Å²) < 4.78 is 0. The summed E-state index contributed by atoms with van der Waals surface area (Å²) in [5, 5.41) is 4.93. The van der Waals surface area contributed by atoms with Crippen LogP contribution < -0.4 is 5.32 Å². The first-order chi connectivity index (χ1) is 10.2. The zero-order chi connectivity index (χ0) is 15.1. The van der Waals surface area contributed by atoms with E-state index in [1.165, 1.54) is 11.8 Å². The Balaban J connectivity index is 2.22. The summed E-state index contributed by atoms with van der Waals surface area (Å²) in [6.45, 7) is 7.14. The van der Waals surface area contributed by atoms with Gasteiger partial charge in [0.05, 0.1) is 0 Å². The van der Waals surface area contributed by atoms with Crippen LogP contribution in [0.2, 0.25) is 0 Å². The SMILES string of the molecule is CCCNc1cc(Sc2nccc(C)n2)nc(CCC)n1. The van der Waals surface area contributed by atoms with Crippen molar-refractivity contribution < 1.29 is 0 Å². The third kappa shape index (κ3) is 4.97. The average molecular weight is 303 g/mol. The lowest BCUT2D eigenvalue weighted by Crippen LogP contribution is -2.06. The van der Waals surface area contributed by atoms with Gasteiger partial charge in [0.1, 0.15) is 16.7 Å². The summed E-state index contributed by atoms with van der Waals surface area (Å²) in [7, 11) is 0. The highest BCUT2D eigenvalue weighted by Crippen LogP contribution is 2.24. The van der Waals surface area contributed by atoms with E-state index in [2.05, 4.69) is 39.1 Å². The molecule has 0 aromatic carbocycles. The molecule has 0 saturated carbocycles. The Labute approximate surface area is 130 Å². The Bertz CT molecular complexity index is 588. The molecule has 1 N–H and O–H groups in total. The molecule has 0 unspecified atom stereocenters. The molecule has 0 fully saturated rings. The van der Waals surface area contributed by atoms with Crippen molar-refractivity contribution in [3.8, 4) is 0 Å². The molecule has 0 atom stereocenters. The van der Waals surface area contributed by atoms with Crippen LogP contribution in [0.4, 0.5) is 5.82 Å². The van der Waals surface area contributed by atoms with Crippen LogP contribution in [0.1, 0.15) is 38.2 Å². The first-order valence-electron chi connectivity index (χ1n) is 7.30. The normalized spacial score (nSPS) is 10.6. The number of hydrogen-bond acceptors (Lipinski definition) is 6. The first-order valence-corrected chi connectivity index (χ1v) is 8.12. The van der Waals surface area contributed by atoms with Gasteiger partial charge in [0.15, 0.2) is 5.16 Å². The third-order valence-electron chi connectivity index (χ3n) is 2.75. The molecule has 0 spiro atoms. The first kappa shape index (κ1) is 15.7. The van der Waals surface area contributed by atoms with Crippen molar-refractivity contribution in [1.82, 2.24) is 19.9 Å². The molecule has 0 aliphatic carbocycles. The molecule has 2 heterocycles. The number of aromatic nitrogens is 4. The number of aryl methyl sites for hydroxylation is 2. The molecule has 0 aliphatic rings. The lowest BCUT2D eigenvalue weighted by atomic mass is 10.3. The number of rotatable bonds is 7. The predicted octanol–water partition coefficient (Wildman–Crippen LogP) is 3.50. The predicted molar refractivity (Wildman–Crippen MR) is 85.7 cm³/mol. The van der Waals surface area contributed by atoms with E-state index in [1.807, 2.05) is 19.1 Å². The zero-order valence-corrected chi connectivity index (χ0v) is 13.6. The molecule has 0 aliphatic heterocycles. The van der Waals surface area contributed by atoms with Gasteiger partial charge in [-0.25, -0.2) is 19.9 Å². The number of nitrogens with zero attached hydrogens (tertiary/aromatic N) is 4. The molecule has 5 nitrogen and oxygen atoms in total. The van der Waals surface area contributed by atoms with Gasteiger partial charge in [-0.15, -0.1) is 0 Å². The minimum atomic E-state index is 0.720. The fraction of sp³-hybridized carbons (Fsp3) is 0.467. The summed E-state index contributed by atoms with van der Waals surface area (Å²) in [5.74, 6) is 1.75. The minimum absolute atomic E-state index is 0.720. The van der Waals surface area contributed by atoms with E-state index in [1.54, 1.807) is 6.20 Å². The van der Waals surface area contributed by atoms with E-state index in [4.69, 9.17) is 0 Å². The number of hydrogen-bond donors (Lipinski definition) is 1. The lowest BCUT2D eigenvalue weighted by molar-refractivity contribution is 0.806. The Morgan fingerprint density at radius 3 is 2.71 bits per heavy atom. The summed E-state index contributed by atoms with van der Waals surface area (Å²) in [6.07, 6.45) is 4.75. The maximum atomic E-state index is 4.59. The Morgan fingerprint density at radius 1 is 1.14 bits per heavy atom. The molecule has 0 saturated heterocycles. The van der Waals surface area contributed by atoms with Gasteiger partial charge in [0.25, 0.3) is 0 Å². The van der Waals surface area contributed by atoms with Crippen LogP contribution in [0.15, 0.2) is 28.5 Å². The van der Waals surface area contributed by atoms with Gasteiger partial charge in [-0.2, -0.15) is 0 Å². The van der Waals surface area contributed by atoms with Crippen LogP contribution in [-0.2, 0) is 6.42 Å². The summed E-state index contributed by atoms with van der Waals surface area (Å²) >= 11 is 1.48. The minimum Gasteiger partial charge on any atom is -0.370 e. The average Bonchev–Trinajstić information content (AvgIpc) is 2.45. The van der Waals surface area contributed by atoms with Crippen LogP contribution in [0.5, 0.6) is 0 Å². The molecular weight excluding hydrogens is 282 g/mol. The van der Waals surface area contributed by atoms with Gasteiger partial charge < -0.3 is 5.32 Å². The van der Waals surface area contributed by atoms with Crippen LogP contribution in [0.25, 0.3) is 0 Å². The summed E-state index contributed by atoms with van der Waals surface area (Å²) in [4.78, 5) is 17.8. The highest BCUT2D eigenvalue weighted by atomic mass is 32.2. The molecule has 2 aromatic rings. The molecule has 6 heteroatoms. The zero-order valence-electron chi connectivity index (χ0n) is 12.8. The smallest absolute Gasteiger partial charge is 0.194 e. The van der Waals surface area contributed by atoms with Crippen LogP contribution in [-0.4, -0.2) is 26.5 Å². The van der Waals surface area contributed by atoms with E-state index >= 15 is 0 Å². The quantitative estimate of drug-likeness (QED) is 0.624. The Hall–Kier alpha value is -1.69. The van der Waals surface area contributed by atoms with Gasteiger partial charge in [0.2, 0.25) is 0 Å². The van der Waals surface area contributed by atoms with E-state index in [9.17, 15) is 0 Å². The highest BCUT2D eigenvalue weighted by Gasteiger charge is 2.07. The summed E-state index contributed by atoms with van der Waals surface area (Å²) in [6, 6.07) is 3.85. The lowest BCUT2D eigenvalue weighted by Gasteiger charge is -2.08. The van der Waals surface area contributed by atoms with Crippen LogP contribution in [0.3, 0.4) is 0 Å². The Kier molecular flexibility index (Phi) is 5.92. The molecule has 0 amide bonds. The molecule has 112 valence electrons. The second kappa shape index (κ2) is 7.93. The van der Waals surface area contributed by atoms with Gasteiger partial charge in [0, 0.05) is 30.9 Å². The monoisotopic (exact) mass is 303 g/mol. The van der Waals surface area contributed by atoms with Gasteiger partial charge in [-0.1, -0.05) is 13.8 Å². The van der Waals surface area contributed by atoms with Gasteiger partial charge in [-0.3, -0.25) is 0 Å².